The van der Waals surface area contributed by atoms with Gasteiger partial charge < -0.3 is 5.73 Å². The molecule has 1 amide bonds. The molecule has 5 rings (SSSR count). The maximum atomic E-state index is 11.9. The Balaban J connectivity index is 1.63. The predicted molar refractivity (Wildman–Crippen MR) is 122 cm³/mol. The molecule has 0 unspecified atom stereocenters. The largest absolute Gasteiger partial charge is 0.368 e. The highest BCUT2D eigenvalue weighted by atomic mass is 32.2. The number of nitrogens with zero attached hydrogens (tertiary/aromatic N) is 5. The van der Waals surface area contributed by atoms with Gasteiger partial charge in [-0.15, -0.1) is 21.5 Å². The molecule has 3 aromatic heterocycles. The van der Waals surface area contributed by atoms with Crippen LogP contribution in [-0.4, -0.2) is 30.6 Å². The van der Waals surface area contributed by atoms with Crippen LogP contribution in [0.25, 0.3) is 21.6 Å². The molecule has 3 heterocycles. The van der Waals surface area contributed by atoms with Gasteiger partial charge in [-0.3, -0.25) is 9.36 Å². The van der Waals surface area contributed by atoms with E-state index in [1.807, 2.05) is 38.1 Å². The summed E-state index contributed by atoms with van der Waals surface area (Å²) >= 11 is 3.21. The highest BCUT2D eigenvalue weighted by molar-refractivity contribution is 7.99. The van der Waals surface area contributed by atoms with Gasteiger partial charge in [0, 0.05) is 15.8 Å². The van der Waals surface area contributed by atoms with Crippen molar-refractivity contribution in [1.82, 2.24) is 24.7 Å². The lowest BCUT2D eigenvalue weighted by Crippen LogP contribution is -2.20. The fraction of sp³-hybridized carbons (Fsp3) is 0.318. The van der Waals surface area contributed by atoms with E-state index in [1.54, 1.807) is 15.9 Å². The van der Waals surface area contributed by atoms with E-state index in [2.05, 4.69) is 10.2 Å². The Morgan fingerprint density at radius 2 is 2.03 bits per heavy atom. The van der Waals surface area contributed by atoms with Crippen LogP contribution in [0.15, 0.2) is 34.4 Å². The molecule has 4 aromatic rings. The summed E-state index contributed by atoms with van der Waals surface area (Å²) in [5.74, 6) is 0.917. The summed E-state index contributed by atoms with van der Waals surface area (Å²) in [5, 5.41) is 11.4. The SMILES string of the molecule is Cc1cccc(-c2nnc(Sc3nc(C)nc4sc5c(c34)CCCC5)n2CC(N)=O)c1. The van der Waals surface area contributed by atoms with Gasteiger partial charge in [0.05, 0.1) is 0 Å². The zero-order chi connectivity index (χ0) is 21.5. The number of hydrogen-bond acceptors (Lipinski definition) is 7. The third kappa shape index (κ3) is 3.83. The van der Waals surface area contributed by atoms with Crippen LogP contribution in [0.1, 0.15) is 34.7 Å². The average Bonchev–Trinajstić information content (AvgIpc) is 3.28. The molecule has 0 spiro atoms. The molecule has 31 heavy (non-hydrogen) atoms. The second kappa shape index (κ2) is 8.05. The summed E-state index contributed by atoms with van der Waals surface area (Å²) in [4.78, 5) is 23.7. The smallest absolute Gasteiger partial charge is 0.237 e. The maximum absolute atomic E-state index is 11.9. The number of primary amides is 1. The number of carbonyl (C=O) groups is 1. The van der Waals surface area contributed by atoms with Crippen molar-refractivity contribution in [2.24, 2.45) is 5.73 Å². The molecule has 1 aromatic carbocycles. The number of carbonyl (C=O) groups excluding carboxylic acids is 1. The van der Waals surface area contributed by atoms with Gasteiger partial charge in [0.25, 0.3) is 0 Å². The number of amides is 1. The Bertz CT molecular complexity index is 1310. The highest BCUT2D eigenvalue weighted by Gasteiger charge is 2.23. The molecule has 0 bridgehead atoms. The Kier molecular flexibility index (Phi) is 5.23. The number of rotatable bonds is 5. The summed E-state index contributed by atoms with van der Waals surface area (Å²) < 4.78 is 1.78. The van der Waals surface area contributed by atoms with E-state index in [0.717, 1.165) is 45.0 Å². The van der Waals surface area contributed by atoms with E-state index in [-0.39, 0.29) is 6.54 Å². The van der Waals surface area contributed by atoms with Crippen molar-refractivity contribution in [3.05, 3.63) is 46.1 Å². The van der Waals surface area contributed by atoms with Crippen molar-refractivity contribution >= 4 is 39.2 Å². The first-order valence-electron chi connectivity index (χ1n) is 10.2. The van der Waals surface area contributed by atoms with Gasteiger partial charge in [-0.05, 0) is 62.9 Å². The number of benzene rings is 1. The van der Waals surface area contributed by atoms with E-state index < -0.39 is 5.91 Å². The quantitative estimate of drug-likeness (QED) is 0.460. The van der Waals surface area contributed by atoms with E-state index in [0.29, 0.717) is 11.0 Å². The zero-order valence-corrected chi connectivity index (χ0v) is 19.0. The topological polar surface area (TPSA) is 99.6 Å². The standard InChI is InChI=1S/C22H22N6OS2/c1-12-6-5-7-14(10-12)19-26-27-22(28(19)11-17(23)29)31-21-18-15-8-3-4-9-16(15)30-20(18)24-13(2)25-21/h5-7,10H,3-4,8-9,11H2,1-2H3,(H2,23,29). The molecule has 0 saturated heterocycles. The van der Waals surface area contributed by atoms with Crippen LogP contribution < -0.4 is 5.73 Å². The minimum Gasteiger partial charge on any atom is -0.368 e. The molecule has 0 aliphatic heterocycles. The van der Waals surface area contributed by atoms with Gasteiger partial charge >= 0.3 is 0 Å². The number of nitrogens with two attached hydrogens (primary N) is 1. The van der Waals surface area contributed by atoms with Crippen molar-refractivity contribution in [1.29, 1.82) is 0 Å². The van der Waals surface area contributed by atoms with Crippen LogP contribution in [-0.2, 0) is 24.2 Å². The molecule has 1 aliphatic carbocycles. The monoisotopic (exact) mass is 450 g/mol. The fourth-order valence-corrected chi connectivity index (χ4v) is 6.43. The van der Waals surface area contributed by atoms with E-state index >= 15 is 0 Å². The van der Waals surface area contributed by atoms with Crippen LogP contribution in [0.4, 0.5) is 0 Å². The van der Waals surface area contributed by atoms with Crippen LogP contribution in [0.2, 0.25) is 0 Å². The number of aryl methyl sites for hydroxylation is 4. The van der Waals surface area contributed by atoms with E-state index in [4.69, 9.17) is 15.7 Å². The lowest BCUT2D eigenvalue weighted by Gasteiger charge is -2.12. The van der Waals surface area contributed by atoms with Crippen molar-refractivity contribution in [3.63, 3.8) is 0 Å². The van der Waals surface area contributed by atoms with Gasteiger partial charge in [-0.2, -0.15) is 0 Å². The minimum atomic E-state index is -0.438. The van der Waals surface area contributed by atoms with Gasteiger partial charge in [0.15, 0.2) is 11.0 Å². The Hall–Kier alpha value is -2.78. The number of hydrogen-bond donors (Lipinski definition) is 1. The third-order valence-electron chi connectivity index (χ3n) is 5.39. The van der Waals surface area contributed by atoms with Crippen molar-refractivity contribution < 1.29 is 4.79 Å². The summed E-state index contributed by atoms with van der Waals surface area (Å²) in [6.45, 7) is 3.94. The molecule has 0 atom stereocenters. The van der Waals surface area contributed by atoms with Gasteiger partial charge in [-0.1, -0.05) is 23.8 Å². The molecule has 1 aliphatic rings. The molecule has 0 saturated carbocycles. The van der Waals surface area contributed by atoms with E-state index in [9.17, 15) is 4.79 Å². The first kappa shape index (κ1) is 20.1. The lowest BCUT2D eigenvalue weighted by atomic mass is 9.97. The molecule has 0 fully saturated rings. The fourth-order valence-electron chi connectivity index (χ4n) is 4.05. The Morgan fingerprint density at radius 1 is 1.19 bits per heavy atom. The summed E-state index contributed by atoms with van der Waals surface area (Å²) in [6.07, 6.45) is 4.57. The molecule has 158 valence electrons. The Labute approximate surface area is 188 Å². The van der Waals surface area contributed by atoms with Crippen molar-refractivity contribution in [2.75, 3.05) is 0 Å². The predicted octanol–water partition coefficient (Wildman–Crippen LogP) is 4.08. The molecule has 7 nitrogen and oxygen atoms in total. The van der Waals surface area contributed by atoms with Gasteiger partial charge in [0.1, 0.15) is 22.2 Å². The number of aromatic nitrogens is 5. The summed E-state index contributed by atoms with van der Waals surface area (Å²) in [6, 6.07) is 7.98. The van der Waals surface area contributed by atoms with Crippen molar-refractivity contribution in [3.8, 4) is 11.4 Å². The normalized spacial score (nSPS) is 13.5. The third-order valence-corrected chi connectivity index (χ3v) is 7.55. The van der Waals surface area contributed by atoms with Crippen LogP contribution in [0.3, 0.4) is 0 Å². The van der Waals surface area contributed by atoms with Gasteiger partial charge in [0.2, 0.25) is 5.91 Å². The average molecular weight is 451 g/mol. The maximum Gasteiger partial charge on any atom is 0.237 e. The first-order chi connectivity index (χ1) is 15.0. The Morgan fingerprint density at radius 3 is 2.84 bits per heavy atom. The minimum absolute atomic E-state index is 0.00750. The highest BCUT2D eigenvalue weighted by Crippen LogP contribution is 2.41. The molecule has 0 radical (unpaired) electrons. The van der Waals surface area contributed by atoms with Gasteiger partial charge in [-0.25, -0.2) is 9.97 Å². The lowest BCUT2D eigenvalue weighted by molar-refractivity contribution is -0.118. The second-order valence-corrected chi connectivity index (χ2v) is 9.84. The van der Waals surface area contributed by atoms with Crippen LogP contribution in [0.5, 0.6) is 0 Å². The van der Waals surface area contributed by atoms with E-state index in [1.165, 1.54) is 35.0 Å². The molecular weight excluding hydrogens is 428 g/mol. The second-order valence-electron chi connectivity index (χ2n) is 7.80. The zero-order valence-electron chi connectivity index (χ0n) is 17.4. The molecule has 9 heteroatoms. The number of thiophene rings is 1. The van der Waals surface area contributed by atoms with Crippen LogP contribution in [0, 0.1) is 13.8 Å². The molecule has 2 N–H and O–H groups in total. The number of fused-ring (bicyclic) bond motifs is 3. The van der Waals surface area contributed by atoms with Crippen molar-refractivity contribution in [2.45, 2.75) is 56.3 Å². The first-order valence-corrected chi connectivity index (χ1v) is 11.9. The summed E-state index contributed by atoms with van der Waals surface area (Å²) in [5.41, 5.74) is 8.94. The summed E-state index contributed by atoms with van der Waals surface area (Å²) in [7, 11) is 0. The van der Waals surface area contributed by atoms with Crippen LogP contribution >= 0.6 is 23.1 Å². The molecular formula is C22H22N6OS2.